The Balaban J connectivity index is 1.44. The molecule has 1 unspecified atom stereocenters. The second-order valence-corrected chi connectivity index (χ2v) is 11.2. The number of nitrogens with zero attached hydrogens (tertiary/aromatic N) is 2. The van der Waals surface area contributed by atoms with Crippen LogP contribution in [0.4, 0.5) is 0 Å². The maximum absolute atomic E-state index is 13.6. The lowest BCUT2D eigenvalue weighted by atomic mass is 9.65. The molecule has 0 saturated heterocycles. The van der Waals surface area contributed by atoms with Crippen LogP contribution in [0, 0.1) is 5.41 Å². The molecule has 6 nitrogen and oxygen atoms in total. The fourth-order valence-electron chi connectivity index (χ4n) is 5.73. The number of hydrogen-bond donors (Lipinski definition) is 1. The fourth-order valence-corrected chi connectivity index (χ4v) is 6.29. The number of amidine groups is 1. The number of unbranched alkanes of at least 4 members (excludes halogenated alkanes) is 1. The third-order valence-electron chi connectivity index (χ3n) is 7.68. The van der Waals surface area contributed by atoms with E-state index in [9.17, 15) is 13.6 Å². The molecular weight excluding hydrogens is 460 g/mol. The molecule has 1 amide bonds. The van der Waals surface area contributed by atoms with E-state index in [0.29, 0.717) is 30.1 Å². The van der Waals surface area contributed by atoms with Crippen molar-refractivity contribution in [1.29, 1.82) is 0 Å². The molecule has 1 N–H and O–H groups in total. The molecule has 1 heterocycles. The van der Waals surface area contributed by atoms with Crippen LogP contribution in [0.3, 0.4) is 0 Å². The van der Waals surface area contributed by atoms with Crippen molar-refractivity contribution in [2.75, 3.05) is 6.61 Å². The third-order valence-corrected chi connectivity index (χ3v) is 8.41. The average Bonchev–Trinajstić information content (AvgIpc) is 3.58. The molecule has 2 aliphatic carbocycles. The Hall–Kier alpha value is -2.35. The molecule has 186 valence electrons. The number of ether oxygens (including phenoxy) is 1. The summed E-state index contributed by atoms with van der Waals surface area (Å²) in [6, 6.07) is 13.2. The molecule has 1 atom stereocenters. The summed E-state index contributed by atoms with van der Waals surface area (Å²) in [5, 5.41) is 0. The highest BCUT2D eigenvalue weighted by Crippen LogP contribution is 2.67. The number of hydrogen-bond acceptors (Lipinski definition) is 4. The molecule has 2 spiro atoms. The minimum Gasteiger partial charge on any atom is -0.377 e. The molecule has 0 bridgehead atoms. The molecule has 5 rings (SSSR count). The van der Waals surface area contributed by atoms with E-state index in [1.165, 1.54) is 12.8 Å². The first-order valence-electron chi connectivity index (χ1n) is 12.7. The Morgan fingerprint density at radius 1 is 1.11 bits per heavy atom. The summed E-state index contributed by atoms with van der Waals surface area (Å²) in [4.78, 5) is 20.9. The molecule has 2 aromatic carbocycles. The number of rotatable bonds is 10. The summed E-state index contributed by atoms with van der Waals surface area (Å²) < 4.78 is 27.5. The summed E-state index contributed by atoms with van der Waals surface area (Å²) in [5.41, 5.74) is 3.44. The number of benzene rings is 2. The first kappa shape index (κ1) is 24.3. The first-order valence-corrected chi connectivity index (χ1v) is 13.8. The third kappa shape index (κ3) is 4.61. The van der Waals surface area contributed by atoms with Crippen LogP contribution < -0.4 is 0 Å². The number of aliphatic imine (C=N–C) groups is 1. The molecule has 0 radical (unpaired) electrons. The lowest BCUT2D eigenvalue weighted by molar-refractivity contribution is -0.137. The summed E-state index contributed by atoms with van der Waals surface area (Å²) in [5.74, 6) is 1.10. The molecule has 2 fully saturated rings. The van der Waals surface area contributed by atoms with Gasteiger partial charge in [-0.05, 0) is 67.2 Å². The van der Waals surface area contributed by atoms with Crippen molar-refractivity contribution in [3.05, 3.63) is 53.6 Å². The predicted molar refractivity (Wildman–Crippen MR) is 137 cm³/mol. The molecular formula is C28H34N2O4S. The van der Waals surface area contributed by atoms with E-state index >= 15 is 0 Å². The second kappa shape index (κ2) is 9.60. The van der Waals surface area contributed by atoms with Crippen LogP contribution in [0.5, 0.6) is 0 Å². The van der Waals surface area contributed by atoms with E-state index in [2.05, 4.69) is 13.0 Å². The van der Waals surface area contributed by atoms with Gasteiger partial charge in [-0.15, -0.1) is 0 Å². The van der Waals surface area contributed by atoms with Crippen molar-refractivity contribution in [3.63, 3.8) is 0 Å². The van der Waals surface area contributed by atoms with Crippen LogP contribution in [0.25, 0.3) is 11.1 Å². The summed E-state index contributed by atoms with van der Waals surface area (Å²) in [7, 11) is 0. The highest BCUT2D eigenvalue weighted by molar-refractivity contribution is 7.79. The topological polar surface area (TPSA) is 79.2 Å². The van der Waals surface area contributed by atoms with Crippen LogP contribution >= 0.6 is 0 Å². The summed E-state index contributed by atoms with van der Waals surface area (Å²) >= 11 is -2.09. The highest BCUT2D eigenvalue weighted by atomic mass is 32.2. The van der Waals surface area contributed by atoms with E-state index in [4.69, 9.17) is 9.73 Å². The monoisotopic (exact) mass is 494 g/mol. The zero-order valence-electron chi connectivity index (χ0n) is 20.6. The van der Waals surface area contributed by atoms with Crippen LogP contribution in [0.2, 0.25) is 0 Å². The van der Waals surface area contributed by atoms with Crippen molar-refractivity contribution >= 4 is 22.8 Å². The van der Waals surface area contributed by atoms with Gasteiger partial charge in [0.15, 0.2) is 11.1 Å². The average molecular weight is 495 g/mol. The van der Waals surface area contributed by atoms with Gasteiger partial charge in [-0.25, -0.2) is 4.21 Å². The van der Waals surface area contributed by atoms with Crippen molar-refractivity contribution in [3.8, 4) is 11.1 Å². The van der Waals surface area contributed by atoms with Gasteiger partial charge in [-0.2, -0.15) is 0 Å². The SMILES string of the molecule is CCCCC1=NC2(CC3(CC3)C2)C(=O)N1Cc1ccc(-c2ccccc2S(=O)O)c(COCC)c1. The Morgan fingerprint density at radius 2 is 1.89 bits per heavy atom. The minimum absolute atomic E-state index is 0.164. The highest BCUT2D eigenvalue weighted by Gasteiger charge is 2.67. The standard InChI is InChI=1S/C28H34N2O4S/c1-3-5-10-25-29-28(18-27(19-28)13-14-27)26(31)30(25)16-20-11-12-22(21(15-20)17-34-4-2)23-8-6-7-9-24(23)35(32)33/h6-9,11-12,15H,3-5,10,13-14,16-19H2,1-2H3,(H,32,33). The number of carbonyl (C=O) groups excluding carboxylic acids is 1. The van der Waals surface area contributed by atoms with Gasteiger partial charge in [-0.1, -0.05) is 49.7 Å². The maximum atomic E-state index is 13.6. The molecule has 7 heteroatoms. The van der Waals surface area contributed by atoms with Crippen molar-refractivity contribution in [2.45, 2.75) is 82.4 Å². The van der Waals surface area contributed by atoms with Gasteiger partial charge in [0.1, 0.15) is 11.4 Å². The van der Waals surface area contributed by atoms with Crippen molar-refractivity contribution in [2.24, 2.45) is 10.4 Å². The van der Waals surface area contributed by atoms with Gasteiger partial charge in [0, 0.05) is 18.6 Å². The van der Waals surface area contributed by atoms with Crippen LogP contribution in [0.15, 0.2) is 52.4 Å². The molecule has 35 heavy (non-hydrogen) atoms. The predicted octanol–water partition coefficient (Wildman–Crippen LogP) is 5.71. The van der Waals surface area contributed by atoms with Gasteiger partial charge in [0.2, 0.25) is 0 Å². The van der Waals surface area contributed by atoms with E-state index < -0.39 is 16.6 Å². The zero-order chi connectivity index (χ0) is 24.6. The largest absolute Gasteiger partial charge is 0.377 e. The molecule has 2 aromatic rings. The fraction of sp³-hybridized carbons (Fsp3) is 0.500. The van der Waals surface area contributed by atoms with Gasteiger partial charge >= 0.3 is 0 Å². The number of amides is 1. The Kier molecular flexibility index (Phi) is 6.68. The zero-order valence-corrected chi connectivity index (χ0v) is 21.4. The van der Waals surface area contributed by atoms with E-state index in [0.717, 1.165) is 60.2 Å². The van der Waals surface area contributed by atoms with Gasteiger partial charge < -0.3 is 9.29 Å². The van der Waals surface area contributed by atoms with Crippen LogP contribution in [0.1, 0.15) is 69.9 Å². The lowest BCUT2D eigenvalue weighted by Crippen LogP contribution is -2.51. The van der Waals surface area contributed by atoms with Gasteiger partial charge in [0.25, 0.3) is 5.91 Å². The Morgan fingerprint density at radius 3 is 2.57 bits per heavy atom. The second-order valence-electron chi connectivity index (χ2n) is 10.3. The van der Waals surface area contributed by atoms with E-state index in [-0.39, 0.29) is 5.91 Å². The Bertz CT molecular complexity index is 1180. The van der Waals surface area contributed by atoms with E-state index in [1.807, 2.05) is 36.1 Å². The quantitative estimate of drug-likeness (QED) is 0.429. The first-order chi connectivity index (χ1) is 16.9. The summed E-state index contributed by atoms with van der Waals surface area (Å²) in [6.07, 6.45) is 7.22. The van der Waals surface area contributed by atoms with Gasteiger partial charge in [-0.3, -0.25) is 14.7 Å². The van der Waals surface area contributed by atoms with Crippen LogP contribution in [-0.4, -0.2) is 37.6 Å². The smallest absolute Gasteiger partial charge is 0.256 e. The minimum atomic E-state index is -2.09. The normalized spacial score (nSPS) is 20.3. The van der Waals surface area contributed by atoms with Crippen LogP contribution in [-0.2, 0) is 33.8 Å². The molecule has 2 saturated carbocycles. The van der Waals surface area contributed by atoms with E-state index in [1.54, 1.807) is 12.1 Å². The van der Waals surface area contributed by atoms with Crippen molar-refractivity contribution in [1.82, 2.24) is 4.90 Å². The molecule has 3 aliphatic rings. The number of carbonyl (C=O) groups is 1. The Labute approximate surface area is 210 Å². The maximum Gasteiger partial charge on any atom is 0.256 e. The van der Waals surface area contributed by atoms with Gasteiger partial charge in [0.05, 0.1) is 18.0 Å². The summed E-state index contributed by atoms with van der Waals surface area (Å²) in [6.45, 7) is 5.56. The molecule has 1 aliphatic heterocycles. The lowest BCUT2D eigenvalue weighted by Gasteiger charge is -2.42. The molecule has 0 aromatic heterocycles. The van der Waals surface area contributed by atoms with Crippen molar-refractivity contribution < 1.29 is 18.3 Å².